The lowest BCUT2D eigenvalue weighted by atomic mass is 10.2. The topological polar surface area (TPSA) is 92.9 Å². The first-order valence-corrected chi connectivity index (χ1v) is 5.04. The van der Waals surface area contributed by atoms with Gasteiger partial charge in [-0.1, -0.05) is 0 Å². The molecule has 0 saturated carbocycles. The Morgan fingerprint density at radius 3 is 2.39 bits per heavy atom. The van der Waals surface area contributed by atoms with Gasteiger partial charge in [0.15, 0.2) is 0 Å². The maximum atomic E-state index is 12.6. The summed E-state index contributed by atoms with van der Waals surface area (Å²) in [5.74, 6) is 5.02. The molecule has 0 aliphatic rings. The Morgan fingerprint density at radius 1 is 1.11 bits per heavy atom. The number of anilines is 2. The third-order valence-corrected chi connectivity index (χ3v) is 2.14. The maximum Gasteiger partial charge on any atom is 0.258 e. The molecule has 0 fully saturated rings. The van der Waals surface area contributed by atoms with E-state index in [4.69, 9.17) is 5.84 Å². The predicted octanol–water partition coefficient (Wildman–Crippen LogP) is 1.15. The van der Waals surface area contributed by atoms with Crippen LogP contribution >= 0.6 is 0 Å². The van der Waals surface area contributed by atoms with Gasteiger partial charge in [0.2, 0.25) is 0 Å². The van der Waals surface area contributed by atoms with Crippen LogP contribution in [0.15, 0.2) is 36.7 Å². The number of aromatic nitrogens is 2. The summed E-state index contributed by atoms with van der Waals surface area (Å²) in [5.41, 5.74) is 2.70. The fraction of sp³-hybridized carbons (Fsp3) is 0. The molecule has 2 aromatic rings. The van der Waals surface area contributed by atoms with Gasteiger partial charge in [-0.15, -0.1) is 0 Å². The molecule has 2 rings (SSSR count). The third-order valence-electron chi connectivity index (χ3n) is 2.14. The minimum atomic E-state index is -0.465. The maximum absolute atomic E-state index is 12.6. The minimum absolute atomic E-state index is 0.266. The summed E-state index contributed by atoms with van der Waals surface area (Å²) in [6.07, 6.45) is 2.39. The van der Waals surface area contributed by atoms with E-state index in [1.807, 2.05) is 0 Å². The van der Waals surface area contributed by atoms with Gasteiger partial charge in [0.05, 0.1) is 11.8 Å². The van der Waals surface area contributed by atoms with Gasteiger partial charge in [0, 0.05) is 6.20 Å². The van der Waals surface area contributed by atoms with E-state index in [1.54, 1.807) is 12.1 Å². The van der Waals surface area contributed by atoms with E-state index in [9.17, 15) is 9.18 Å². The number of nitrogens with two attached hydrogens (primary N) is 1. The smallest absolute Gasteiger partial charge is 0.258 e. The lowest BCUT2D eigenvalue weighted by molar-refractivity contribution is 0.102. The molecule has 0 bridgehead atoms. The lowest BCUT2D eigenvalue weighted by Crippen LogP contribution is -2.14. The number of hydrazine groups is 1. The van der Waals surface area contributed by atoms with Gasteiger partial charge in [0.1, 0.15) is 17.5 Å². The summed E-state index contributed by atoms with van der Waals surface area (Å²) in [7, 11) is 0. The van der Waals surface area contributed by atoms with Crippen LogP contribution in [0.5, 0.6) is 0 Å². The van der Waals surface area contributed by atoms with Crippen molar-refractivity contribution in [3.63, 3.8) is 0 Å². The molecule has 4 N–H and O–H groups in total. The van der Waals surface area contributed by atoms with Crippen LogP contribution in [0.4, 0.5) is 16.0 Å². The average Bonchev–Trinajstić information content (AvgIpc) is 2.41. The van der Waals surface area contributed by atoms with E-state index in [0.29, 0.717) is 11.4 Å². The van der Waals surface area contributed by atoms with Crippen LogP contribution < -0.4 is 16.6 Å². The van der Waals surface area contributed by atoms with E-state index in [-0.39, 0.29) is 11.7 Å². The van der Waals surface area contributed by atoms with Crippen LogP contribution in [0.2, 0.25) is 0 Å². The molecule has 0 aromatic carbocycles. The van der Waals surface area contributed by atoms with Gasteiger partial charge in [-0.05, 0) is 24.3 Å². The van der Waals surface area contributed by atoms with Crippen LogP contribution in [0.1, 0.15) is 10.4 Å². The number of halogens is 1. The van der Waals surface area contributed by atoms with Gasteiger partial charge >= 0.3 is 0 Å². The van der Waals surface area contributed by atoms with Crippen LogP contribution in [0, 0.1) is 5.82 Å². The Hall–Kier alpha value is -2.54. The molecule has 2 aromatic heterocycles. The number of hydrogen-bond donors (Lipinski definition) is 3. The molecule has 0 aliphatic heterocycles. The van der Waals surface area contributed by atoms with E-state index in [0.717, 1.165) is 6.20 Å². The second-order valence-electron chi connectivity index (χ2n) is 3.39. The van der Waals surface area contributed by atoms with Gasteiger partial charge in [-0.25, -0.2) is 20.2 Å². The van der Waals surface area contributed by atoms with E-state index in [1.165, 1.54) is 18.3 Å². The molecule has 92 valence electrons. The zero-order valence-corrected chi connectivity index (χ0v) is 9.22. The average molecular weight is 247 g/mol. The molecule has 7 heteroatoms. The Balaban J connectivity index is 2.09. The Morgan fingerprint density at radius 2 is 1.83 bits per heavy atom. The summed E-state index contributed by atoms with van der Waals surface area (Å²) < 4.78 is 12.6. The van der Waals surface area contributed by atoms with Crippen molar-refractivity contribution >= 4 is 17.5 Å². The Kier molecular flexibility index (Phi) is 3.44. The molecule has 0 saturated heterocycles. The monoisotopic (exact) mass is 247 g/mol. The molecule has 2 heterocycles. The number of rotatable bonds is 3. The summed E-state index contributed by atoms with van der Waals surface area (Å²) in [4.78, 5) is 19.4. The summed E-state index contributed by atoms with van der Waals surface area (Å²) in [6, 6.07) is 5.70. The number of carbonyl (C=O) groups is 1. The van der Waals surface area contributed by atoms with Crippen LogP contribution in [0.25, 0.3) is 0 Å². The zero-order chi connectivity index (χ0) is 13.0. The molecule has 6 nitrogen and oxygen atoms in total. The predicted molar refractivity (Wildman–Crippen MR) is 64.2 cm³/mol. The van der Waals surface area contributed by atoms with E-state index in [2.05, 4.69) is 20.7 Å². The van der Waals surface area contributed by atoms with Crippen molar-refractivity contribution in [3.05, 3.63) is 48.0 Å². The van der Waals surface area contributed by atoms with Crippen molar-refractivity contribution in [3.8, 4) is 0 Å². The fourth-order valence-corrected chi connectivity index (χ4v) is 1.25. The number of nitrogens with zero attached hydrogens (tertiary/aromatic N) is 2. The Labute approximate surface area is 102 Å². The van der Waals surface area contributed by atoms with Crippen LogP contribution in [-0.2, 0) is 0 Å². The van der Waals surface area contributed by atoms with Crippen molar-refractivity contribution in [1.29, 1.82) is 0 Å². The summed E-state index contributed by atoms with van der Waals surface area (Å²) >= 11 is 0. The van der Waals surface area contributed by atoms with Crippen LogP contribution in [0.3, 0.4) is 0 Å². The third kappa shape index (κ3) is 2.77. The lowest BCUT2D eigenvalue weighted by Gasteiger charge is -2.04. The normalized spacial score (nSPS) is 9.89. The Bertz CT molecular complexity index is 540. The first kappa shape index (κ1) is 11.9. The highest BCUT2D eigenvalue weighted by Crippen LogP contribution is 2.08. The molecular formula is C11H10FN5O. The molecular weight excluding hydrogens is 237 g/mol. The molecule has 0 aliphatic carbocycles. The molecule has 0 radical (unpaired) electrons. The second-order valence-corrected chi connectivity index (χ2v) is 3.39. The van der Waals surface area contributed by atoms with Gasteiger partial charge in [-0.2, -0.15) is 0 Å². The quantitative estimate of drug-likeness (QED) is 0.559. The molecule has 0 unspecified atom stereocenters. The molecule has 0 spiro atoms. The van der Waals surface area contributed by atoms with Crippen molar-refractivity contribution in [2.24, 2.45) is 5.84 Å². The second kappa shape index (κ2) is 5.19. The largest absolute Gasteiger partial charge is 0.308 e. The summed E-state index contributed by atoms with van der Waals surface area (Å²) in [6.45, 7) is 0. The highest BCUT2D eigenvalue weighted by molar-refractivity contribution is 6.03. The highest BCUT2D eigenvalue weighted by atomic mass is 19.1. The van der Waals surface area contributed by atoms with E-state index >= 15 is 0 Å². The van der Waals surface area contributed by atoms with Crippen LogP contribution in [-0.4, -0.2) is 15.9 Å². The summed E-state index contributed by atoms with van der Waals surface area (Å²) in [5, 5.41) is 2.51. The first-order valence-electron chi connectivity index (χ1n) is 5.04. The molecule has 18 heavy (non-hydrogen) atoms. The van der Waals surface area contributed by atoms with Gasteiger partial charge in [-0.3, -0.25) is 4.79 Å². The number of amides is 1. The number of nitrogen functional groups attached to an aromatic ring is 1. The van der Waals surface area contributed by atoms with Crippen molar-refractivity contribution in [1.82, 2.24) is 9.97 Å². The van der Waals surface area contributed by atoms with Gasteiger partial charge in [0.25, 0.3) is 5.91 Å². The molecule has 0 atom stereocenters. The van der Waals surface area contributed by atoms with Crippen molar-refractivity contribution in [2.45, 2.75) is 0 Å². The SMILES string of the molecule is NNc1ccc(C(=O)Nc2ccc(F)cn2)cn1. The number of nitrogens with one attached hydrogen (secondary N) is 2. The van der Waals surface area contributed by atoms with Crippen molar-refractivity contribution in [2.75, 3.05) is 10.7 Å². The first-order chi connectivity index (χ1) is 8.69. The number of carbonyl (C=O) groups excluding carboxylic acids is 1. The molecule has 1 amide bonds. The van der Waals surface area contributed by atoms with Crippen molar-refractivity contribution < 1.29 is 9.18 Å². The van der Waals surface area contributed by atoms with Gasteiger partial charge < -0.3 is 10.7 Å². The van der Waals surface area contributed by atoms with E-state index < -0.39 is 5.82 Å². The highest BCUT2D eigenvalue weighted by Gasteiger charge is 2.07. The number of hydrogen-bond acceptors (Lipinski definition) is 5. The number of pyridine rings is 2. The fourth-order valence-electron chi connectivity index (χ4n) is 1.25. The zero-order valence-electron chi connectivity index (χ0n) is 9.22. The standard InChI is InChI=1S/C11H10FN5O/c12-8-2-4-9(15-6-8)16-11(18)7-1-3-10(17-13)14-5-7/h1-6H,13H2,(H,14,17)(H,15,16,18). The minimum Gasteiger partial charge on any atom is -0.308 e.